The number of amides is 1. The molecule has 0 saturated carbocycles. The number of fused-ring (bicyclic) bond motifs is 1. The minimum atomic E-state index is 0.0770. The number of benzene rings is 1. The van der Waals surface area contributed by atoms with Gasteiger partial charge in [-0.2, -0.15) is 5.10 Å². The van der Waals surface area contributed by atoms with Crippen LogP contribution in [0, 0.1) is 13.8 Å². The van der Waals surface area contributed by atoms with Crippen LogP contribution in [-0.4, -0.2) is 43.6 Å². The summed E-state index contributed by atoms with van der Waals surface area (Å²) in [6, 6.07) is 10.4. The van der Waals surface area contributed by atoms with E-state index in [4.69, 9.17) is 4.98 Å². The summed E-state index contributed by atoms with van der Waals surface area (Å²) in [5.41, 5.74) is 2.13. The van der Waals surface area contributed by atoms with Crippen LogP contribution in [0.4, 0.5) is 0 Å². The highest BCUT2D eigenvalue weighted by molar-refractivity contribution is 7.13. The van der Waals surface area contributed by atoms with Crippen molar-refractivity contribution in [1.82, 2.24) is 24.6 Å². The lowest BCUT2D eigenvalue weighted by Gasteiger charge is -2.19. The zero-order valence-corrected chi connectivity index (χ0v) is 16.5. The fraction of sp³-hybridized carbons (Fsp3) is 0.400. The van der Waals surface area contributed by atoms with E-state index in [-0.39, 0.29) is 5.91 Å². The Bertz CT molecular complexity index is 921. The van der Waals surface area contributed by atoms with Gasteiger partial charge in [-0.15, -0.1) is 11.3 Å². The summed E-state index contributed by atoms with van der Waals surface area (Å²) >= 11 is 1.48. The Morgan fingerprint density at radius 2 is 1.89 bits per heavy atom. The summed E-state index contributed by atoms with van der Waals surface area (Å²) in [4.78, 5) is 24.6. The largest absolute Gasteiger partial charge is 0.336 e. The maximum absolute atomic E-state index is 12.8. The minimum Gasteiger partial charge on any atom is -0.336 e. The van der Waals surface area contributed by atoms with E-state index in [2.05, 4.69) is 34.3 Å². The molecule has 3 heterocycles. The zero-order valence-electron chi connectivity index (χ0n) is 15.7. The van der Waals surface area contributed by atoms with E-state index in [1.807, 2.05) is 29.5 Å². The maximum Gasteiger partial charge on any atom is 0.265 e. The molecule has 0 fully saturated rings. The van der Waals surface area contributed by atoms with Crippen molar-refractivity contribution in [3.05, 3.63) is 63.1 Å². The predicted molar refractivity (Wildman–Crippen MR) is 105 cm³/mol. The van der Waals surface area contributed by atoms with Gasteiger partial charge in [0, 0.05) is 25.9 Å². The van der Waals surface area contributed by atoms with Crippen LogP contribution in [0.2, 0.25) is 0 Å². The molecule has 0 saturated heterocycles. The normalized spacial score (nSPS) is 14.1. The molecule has 2 aromatic heterocycles. The SMILES string of the molecule is Cc1nc(C)c(C(=O)N2CCc3nc(CCc4ccccc4)nn3CC2)s1. The van der Waals surface area contributed by atoms with E-state index < -0.39 is 0 Å². The Kier molecular flexibility index (Phi) is 5.03. The van der Waals surface area contributed by atoms with Gasteiger partial charge in [0.2, 0.25) is 0 Å². The Morgan fingerprint density at radius 1 is 1.07 bits per heavy atom. The van der Waals surface area contributed by atoms with Crippen molar-refractivity contribution < 1.29 is 4.79 Å². The topological polar surface area (TPSA) is 63.9 Å². The average Bonchev–Trinajstić information content (AvgIpc) is 3.16. The third kappa shape index (κ3) is 3.93. The zero-order chi connectivity index (χ0) is 18.8. The summed E-state index contributed by atoms with van der Waals surface area (Å²) in [6.07, 6.45) is 2.52. The number of carbonyl (C=O) groups excluding carboxylic acids is 1. The van der Waals surface area contributed by atoms with Crippen molar-refractivity contribution in [2.75, 3.05) is 13.1 Å². The van der Waals surface area contributed by atoms with Crippen molar-refractivity contribution in [2.24, 2.45) is 0 Å². The average molecular weight is 382 g/mol. The van der Waals surface area contributed by atoms with Gasteiger partial charge in [0.15, 0.2) is 5.82 Å². The molecule has 6 nitrogen and oxygen atoms in total. The number of thiazole rings is 1. The predicted octanol–water partition coefficient (Wildman–Crippen LogP) is 2.84. The maximum atomic E-state index is 12.8. The molecule has 1 aliphatic rings. The van der Waals surface area contributed by atoms with Crippen LogP contribution in [0.5, 0.6) is 0 Å². The molecule has 4 rings (SSSR count). The third-order valence-corrected chi connectivity index (χ3v) is 5.91. The highest BCUT2D eigenvalue weighted by Gasteiger charge is 2.24. The molecule has 0 atom stereocenters. The van der Waals surface area contributed by atoms with Gasteiger partial charge in [0.1, 0.15) is 10.7 Å². The summed E-state index contributed by atoms with van der Waals surface area (Å²) in [6.45, 7) is 5.86. The monoisotopic (exact) mass is 381 g/mol. The molecule has 0 N–H and O–H groups in total. The highest BCUT2D eigenvalue weighted by atomic mass is 32.1. The Labute approximate surface area is 162 Å². The Balaban J connectivity index is 1.40. The number of aryl methyl sites for hydroxylation is 4. The van der Waals surface area contributed by atoms with Gasteiger partial charge in [-0.05, 0) is 25.8 Å². The van der Waals surface area contributed by atoms with Crippen LogP contribution >= 0.6 is 11.3 Å². The van der Waals surface area contributed by atoms with Crippen molar-refractivity contribution in [1.29, 1.82) is 0 Å². The number of hydrogen-bond donors (Lipinski definition) is 0. The minimum absolute atomic E-state index is 0.0770. The number of hydrogen-bond acceptors (Lipinski definition) is 5. The van der Waals surface area contributed by atoms with Crippen molar-refractivity contribution in [3.63, 3.8) is 0 Å². The third-order valence-electron chi connectivity index (χ3n) is 4.84. The van der Waals surface area contributed by atoms with Crippen LogP contribution < -0.4 is 0 Å². The molecule has 0 unspecified atom stereocenters. The summed E-state index contributed by atoms with van der Waals surface area (Å²) in [7, 11) is 0. The number of rotatable bonds is 4. The first kappa shape index (κ1) is 17.9. The number of nitrogens with zero attached hydrogens (tertiary/aromatic N) is 5. The molecule has 27 heavy (non-hydrogen) atoms. The van der Waals surface area contributed by atoms with E-state index in [9.17, 15) is 4.79 Å². The van der Waals surface area contributed by atoms with Gasteiger partial charge in [-0.3, -0.25) is 4.79 Å². The van der Waals surface area contributed by atoms with Gasteiger partial charge < -0.3 is 4.90 Å². The Morgan fingerprint density at radius 3 is 2.63 bits per heavy atom. The second kappa shape index (κ2) is 7.60. The molecule has 7 heteroatoms. The standard InChI is InChI=1S/C20H23N5OS/c1-14-19(27-15(2)21-14)20(26)24-11-10-18-22-17(23-25(18)13-12-24)9-8-16-6-4-3-5-7-16/h3-7H,8-13H2,1-2H3. The van der Waals surface area contributed by atoms with E-state index >= 15 is 0 Å². The van der Waals surface area contributed by atoms with Gasteiger partial charge >= 0.3 is 0 Å². The van der Waals surface area contributed by atoms with Crippen LogP contribution in [0.15, 0.2) is 30.3 Å². The fourth-order valence-electron chi connectivity index (χ4n) is 3.44. The smallest absolute Gasteiger partial charge is 0.265 e. The second-order valence-electron chi connectivity index (χ2n) is 6.84. The molecule has 1 aliphatic heterocycles. The van der Waals surface area contributed by atoms with E-state index in [0.717, 1.165) is 46.5 Å². The highest BCUT2D eigenvalue weighted by Crippen LogP contribution is 2.20. The number of aromatic nitrogens is 4. The summed E-state index contributed by atoms with van der Waals surface area (Å²) in [5.74, 6) is 1.95. The molecule has 0 aliphatic carbocycles. The summed E-state index contributed by atoms with van der Waals surface area (Å²) < 4.78 is 1.97. The molecule has 1 amide bonds. The van der Waals surface area contributed by atoms with Crippen LogP contribution in [0.25, 0.3) is 0 Å². The molecule has 1 aromatic carbocycles. The lowest BCUT2D eigenvalue weighted by molar-refractivity contribution is 0.0762. The van der Waals surface area contributed by atoms with E-state index in [1.54, 1.807) is 0 Å². The molecular formula is C20H23N5OS. The first-order valence-electron chi connectivity index (χ1n) is 9.30. The van der Waals surface area contributed by atoms with E-state index in [1.165, 1.54) is 16.9 Å². The molecule has 0 bridgehead atoms. The number of carbonyl (C=O) groups is 1. The summed E-state index contributed by atoms with van der Waals surface area (Å²) in [5, 5.41) is 5.61. The molecule has 0 spiro atoms. The van der Waals surface area contributed by atoms with Crippen LogP contribution in [-0.2, 0) is 25.8 Å². The van der Waals surface area contributed by atoms with Gasteiger partial charge in [-0.25, -0.2) is 14.6 Å². The lowest BCUT2D eigenvalue weighted by atomic mass is 10.1. The first-order valence-corrected chi connectivity index (χ1v) is 10.1. The van der Waals surface area contributed by atoms with Gasteiger partial charge in [-0.1, -0.05) is 30.3 Å². The molecule has 140 valence electrons. The fourth-order valence-corrected chi connectivity index (χ4v) is 4.32. The van der Waals surface area contributed by atoms with Crippen molar-refractivity contribution >= 4 is 17.2 Å². The Hall–Kier alpha value is -2.54. The lowest BCUT2D eigenvalue weighted by Crippen LogP contribution is -2.33. The first-order chi connectivity index (χ1) is 13.1. The molecular weight excluding hydrogens is 358 g/mol. The van der Waals surface area contributed by atoms with Crippen LogP contribution in [0.3, 0.4) is 0 Å². The van der Waals surface area contributed by atoms with E-state index in [0.29, 0.717) is 19.6 Å². The van der Waals surface area contributed by atoms with Crippen molar-refractivity contribution in [2.45, 2.75) is 39.7 Å². The van der Waals surface area contributed by atoms with Crippen molar-refractivity contribution in [3.8, 4) is 0 Å². The van der Waals surface area contributed by atoms with Gasteiger partial charge in [0.05, 0.1) is 17.2 Å². The second-order valence-corrected chi connectivity index (χ2v) is 8.05. The molecule has 3 aromatic rings. The van der Waals surface area contributed by atoms with Crippen LogP contribution in [0.1, 0.15) is 37.6 Å². The molecule has 0 radical (unpaired) electrons. The quantitative estimate of drug-likeness (QED) is 0.697. The van der Waals surface area contributed by atoms with Gasteiger partial charge in [0.25, 0.3) is 5.91 Å².